The number of aromatic nitrogens is 2. The molecule has 5 heteroatoms. The van der Waals surface area contributed by atoms with E-state index in [1.807, 2.05) is 43.2 Å². The molecule has 0 saturated carbocycles. The lowest BCUT2D eigenvalue weighted by atomic mass is 9.91. The Balaban J connectivity index is 1.51. The summed E-state index contributed by atoms with van der Waals surface area (Å²) in [5, 5.41) is 3.45. The monoisotopic (exact) mass is 340 g/mol. The Labute approximate surface area is 150 Å². The summed E-state index contributed by atoms with van der Waals surface area (Å²) < 4.78 is 2.03. The number of hydrogen-bond donors (Lipinski definition) is 1. The van der Waals surface area contributed by atoms with Gasteiger partial charge in [0.15, 0.2) is 0 Å². The molecule has 1 aromatic carbocycles. The number of rotatable bonds is 6. The number of imidazole rings is 1. The molecule has 0 unspecified atom stereocenters. The van der Waals surface area contributed by atoms with E-state index in [4.69, 9.17) is 0 Å². The largest absolute Gasteiger partial charge is 0.342 e. The predicted molar refractivity (Wildman–Crippen MR) is 99.8 cm³/mol. The van der Waals surface area contributed by atoms with Crippen molar-refractivity contribution in [1.29, 1.82) is 0 Å². The molecule has 0 bridgehead atoms. The Kier molecular flexibility index (Phi) is 5.87. The summed E-state index contributed by atoms with van der Waals surface area (Å²) in [5.41, 5.74) is 2.10. The number of carbonyl (C=O) groups is 1. The lowest BCUT2D eigenvalue weighted by Crippen LogP contribution is -2.29. The number of amides is 1. The smallest absolute Gasteiger partial charge is 0.253 e. The van der Waals surface area contributed by atoms with E-state index in [-0.39, 0.29) is 5.91 Å². The van der Waals surface area contributed by atoms with Crippen molar-refractivity contribution in [3.63, 3.8) is 0 Å². The molecule has 1 N–H and O–H groups in total. The number of nitrogens with zero attached hydrogens (tertiary/aromatic N) is 3. The first-order valence-corrected chi connectivity index (χ1v) is 9.17. The first-order chi connectivity index (χ1) is 12.1. The number of aryl methyl sites for hydroxylation is 2. The van der Waals surface area contributed by atoms with Crippen LogP contribution in [0.1, 0.15) is 46.9 Å². The topological polar surface area (TPSA) is 50.2 Å². The van der Waals surface area contributed by atoms with Gasteiger partial charge in [-0.25, -0.2) is 4.98 Å². The van der Waals surface area contributed by atoms with Crippen molar-refractivity contribution >= 4 is 5.91 Å². The van der Waals surface area contributed by atoms with E-state index in [9.17, 15) is 4.79 Å². The molecule has 2 aromatic rings. The fourth-order valence-electron chi connectivity index (χ4n) is 3.47. The average Bonchev–Trinajstić information content (AvgIpc) is 3.07. The summed E-state index contributed by atoms with van der Waals surface area (Å²) in [4.78, 5) is 18.7. The Bertz CT molecular complexity index is 686. The van der Waals surface area contributed by atoms with Crippen LogP contribution in [0.4, 0.5) is 0 Å². The zero-order chi connectivity index (χ0) is 17.6. The Morgan fingerprint density at radius 1 is 1.36 bits per heavy atom. The SMILES string of the molecule is CN(CCCc1nccn1C)C(=O)c1ccc([C@@H]2CCCNC2)cc1. The molecular formula is C20H28N4O. The fraction of sp³-hybridized carbons (Fsp3) is 0.500. The lowest BCUT2D eigenvalue weighted by molar-refractivity contribution is 0.0793. The van der Waals surface area contributed by atoms with Crippen LogP contribution in [0.5, 0.6) is 0 Å². The minimum atomic E-state index is 0.0909. The standard InChI is InChI=1S/C20H28N4O/c1-23-14-12-22-19(23)6-4-13-24(2)20(25)17-9-7-16(8-10-17)18-5-3-11-21-15-18/h7-10,12,14,18,21H,3-6,11,13,15H2,1-2H3/t18-/m1/s1. The second kappa shape index (κ2) is 8.30. The van der Waals surface area contributed by atoms with Crippen LogP contribution in [-0.4, -0.2) is 47.0 Å². The van der Waals surface area contributed by atoms with Gasteiger partial charge >= 0.3 is 0 Å². The highest BCUT2D eigenvalue weighted by atomic mass is 16.2. The number of hydrogen-bond acceptors (Lipinski definition) is 3. The molecule has 1 aliphatic rings. The van der Waals surface area contributed by atoms with Crippen molar-refractivity contribution in [2.45, 2.75) is 31.6 Å². The van der Waals surface area contributed by atoms with Crippen molar-refractivity contribution in [2.24, 2.45) is 7.05 Å². The third-order valence-electron chi connectivity index (χ3n) is 5.09. The average molecular weight is 340 g/mol. The van der Waals surface area contributed by atoms with Crippen LogP contribution in [-0.2, 0) is 13.5 Å². The maximum absolute atomic E-state index is 12.6. The normalized spacial score (nSPS) is 17.4. The molecule has 0 spiro atoms. The second-order valence-corrected chi connectivity index (χ2v) is 6.95. The van der Waals surface area contributed by atoms with Gasteiger partial charge in [0.05, 0.1) is 0 Å². The molecule has 1 aliphatic heterocycles. The van der Waals surface area contributed by atoms with Crippen LogP contribution in [0.3, 0.4) is 0 Å². The molecule has 1 saturated heterocycles. The van der Waals surface area contributed by atoms with Crippen molar-refractivity contribution in [3.8, 4) is 0 Å². The molecule has 25 heavy (non-hydrogen) atoms. The Morgan fingerprint density at radius 2 is 2.16 bits per heavy atom. The van der Waals surface area contributed by atoms with Gasteiger partial charge in [-0.05, 0) is 49.4 Å². The van der Waals surface area contributed by atoms with Gasteiger partial charge in [0.25, 0.3) is 5.91 Å². The first-order valence-electron chi connectivity index (χ1n) is 9.17. The number of carbonyl (C=O) groups excluding carboxylic acids is 1. The van der Waals surface area contributed by atoms with Gasteiger partial charge in [-0.2, -0.15) is 0 Å². The Hall–Kier alpha value is -2.14. The molecule has 134 valence electrons. The van der Waals surface area contributed by atoms with Gasteiger partial charge in [0, 0.05) is 51.6 Å². The first kappa shape index (κ1) is 17.7. The van der Waals surface area contributed by atoms with Crippen LogP contribution in [0.15, 0.2) is 36.7 Å². The van der Waals surface area contributed by atoms with E-state index in [0.29, 0.717) is 5.92 Å². The molecule has 0 aliphatic carbocycles. The van der Waals surface area contributed by atoms with E-state index in [1.54, 1.807) is 4.90 Å². The highest BCUT2D eigenvalue weighted by molar-refractivity contribution is 5.94. The van der Waals surface area contributed by atoms with Crippen LogP contribution in [0, 0.1) is 0 Å². The van der Waals surface area contributed by atoms with Crippen molar-refractivity contribution in [1.82, 2.24) is 19.8 Å². The van der Waals surface area contributed by atoms with E-state index >= 15 is 0 Å². The number of benzene rings is 1. The van der Waals surface area contributed by atoms with Gasteiger partial charge in [-0.3, -0.25) is 4.79 Å². The predicted octanol–water partition coefficient (Wildman–Crippen LogP) is 2.59. The van der Waals surface area contributed by atoms with Gasteiger partial charge in [0.1, 0.15) is 5.82 Å². The summed E-state index contributed by atoms with van der Waals surface area (Å²) in [6.45, 7) is 2.90. The van der Waals surface area contributed by atoms with Crippen LogP contribution in [0.2, 0.25) is 0 Å². The number of nitrogens with one attached hydrogen (secondary N) is 1. The van der Waals surface area contributed by atoms with E-state index in [0.717, 1.165) is 43.9 Å². The molecule has 2 heterocycles. The third-order valence-corrected chi connectivity index (χ3v) is 5.09. The molecule has 1 aromatic heterocycles. The van der Waals surface area contributed by atoms with Gasteiger partial charge < -0.3 is 14.8 Å². The maximum Gasteiger partial charge on any atom is 0.253 e. The summed E-state index contributed by atoms with van der Waals surface area (Å²) in [6, 6.07) is 8.18. The highest BCUT2D eigenvalue weighted by Gasteiger charge is 2.16. The summed E-state index contributed by atoms with van der Waals surface area (Å²) >= 11 is 0. The molecule has 0 radical (unpaired) electrons. The van der Waals surface area contributed by atoms with Crippen LogP contribution in [0.25, 0.3) is 0 Å². The zero-order valence-corrected chi connectivity index (χ0v) is 15.2. The van der Waals surface area contributed by atoms with Gasteiger partial charge in [-0.1, -0.05) is 12.1 Å². The summed E-state index contributed by atoms with van der Waals surface area (Å²) in [6.07, 6.45) is 8.02. The molecule has 1 amide bonds. The van der Waals surface area contributed by atoms with Crippen molar-refractivity contribution in [3.05, 3.63) is 53.6 Å². The van der Waals surface area contributed by atoms with Gasteiger partial charge in [0.2, 0.25) is 0 Å². The van der Waals surface area contributed by atoms with Gasteiger partial charge in [-0.15, -0.1) is 0 Å². The van der Waals surface area contributed by atoms with Crippen LogP contribution >= 0.6 is 0 Å². The molecule has 3 rings (SSSR count). The van der Waals surface area contributed by atoms with Crippen molar-refractivity contribution in [2.75, 3.05) is 26.7 Å². The summed E-state index contributed by atoms with van der Waals surface area (Å²) in [7, 11) is 3.88. The minimum absolute atomic E-state index is 0.0909. The van der Waals surface area contributed by atoms with E-state index < -0.39 is 0 Å². The minimum Gasteiger partial charge on any atom is -0.342 e. The highest BCUT2D eigenvalue weighted by Crippen LogP contribution is 2.23. The summed E-state index contributed by atoms with van der Waals surface area (Å²) in [5.74, 6) is 1.73. The van der Waals surface area contributed by atoms with E-state index in [1.165, 1.54) is 18.4 Å². The number of piperidine rings is 1. The molecular weight excluding hydrogens is 312 g/mol. The quantitative estimate of drug-likeness (QED) is 0.879. The third kappa shape index (κ3) is 4.48. The van der Waals surface area contributed by atoms with E-state index in [2.05, 4.69) is 22.4 Å². The van der Waals surface area contributed by atoms with Crippen molar-refractivity contribution < 1.29 is 4.79 Å². The molecule has 5 nitrogen and oxygen atoms in total. The Morgan fingerprint density at radius 3 is 2.80 bits per heavy atom. The van der Waals surface area contributed by atoms with Crippen LogP contribution < -0.4 is 5.32 Å². The molecule has 1 atom stereocenters. The maximum atomic E-state index is 12.6. The lowest BCUT2D eigenvalue weighted by Gasteiger charge is -2.23. The fourth-order valence-corrected chi connectivity index (χ4v) is 3.47. The molecule has 1 fully saturated rings. The zero-order valence-electron chi connectivity index (χ0n) is 15.2. The second-order valence-electron chi connectivity index (χ2n) is 6.95.